The highest BCUT2D eigenvalue weighted by atomic mass is 16.5. The summed E-state index contributed by atoms with van der Waals surface area (Å²) in [5.74, 6) is 0. The highest BCUT2D eigenvalue weighted by molar-refractivity contribution is 4.90. The van der Waals surface area contributed by atoms with Crippen molar-refractivity contribution in [3.63, 3.8) is 0 Å². The minimum Gasteiger partial charge on any atom is -0.388 e. The van der Waals surface area contributed by atoms with E-state index in [-0.39, 0.29) is 6.10 Å². The lowest BCUT2D eigenvalue weighted by Gasteiger charge is -2.10. The van der Waals surface area contributed by atoms with Crippen LogP contribution < -0.4 is 0 Å². The Morgan fingerprint density at radius 3 is 2.20 bits per heavy atom. The fraction of sp³-hybridized carbons (Fsp3) is 0.857. The van der Waals surface area contributed by atoms with E-state index in [9.17, 15) is 5.11 Å². The quantitative estimate of drug-likeness (QED) is 0.526. The maximum atomic E-state index is 9.17. The minimum absolute atomic E-state index is 0.301. The van der Waals surface area contributed by atoms with Crippen LogP contribution in [0.15, 0.2) is 0 Å². The van der Waals surface area contributed by atoms with Crippen LogP contribution in [0.1, 0.15) is 13.3 Å². The summed E-state index contributed by atoms with van der Waals surface area (Å²) in [6.07, 6.45) is -2.10. The normalized spacial score (nSPS) is 48.0. The molecule has 4 atom stereocenters. The first kappa shape index (κ1) is 7.98. The van der Waals surface area contributed by atoms with Gasteiger partial charge in [0.1, 0.15) is 12.2 Å². The van der Waals surface area contributed by atoms with Gasteiger partial charge in [-0.3, -0.25) is 0 Å². The Labute approximate surface area is 60.6 Å². The average Bonchev–Trinajstić information content (AvgIpc) is 2.17. The first-order valence-corrected chi connectivity index (χ1v) is 3.44. The molecule has 1 saturated heterocycles. The van der Waals surface area contributed by atoms with E-state index >= 15 is 0 Å². The van der Waals surface area contributed by atoms with Crippen LogP contribution in [-0.4, -0.2) is 34.6 Å². The average molecular weight is 144 g/mol. The van der Waals surface area contributed by atoms with Gasteiger partial charge in [0.2, 0.25) is 0 Å². The summed E-state index contributed by atoms with van der Waals surface area (Å²) in [5.41, 5.74) is 0. The van der Waals surface area contributed by atoms with Gasteiger partial charge in [0.25, 0.3) is 0 Å². The van der Waals surface area contributed by atoms with Gasteiger partial charge in [-0.2, -0.15) is 0 Å². The summed E-state index contributed by atoms with van der Waals surface area (Å²) in [6.45, 7) is 7.18. The molecule has 1 unspecified atom stereocenters. The topological polar surface area (TPSA) is 49.7 Å². The highest BCUT2D eigenvalue weighted by Gasteiger charge is 2.38. The van der Waals surface area contributed by atoms with E-state index < -0.39 is 18.3 Å². The number of ether oxygens (including phenoxy) is 1. The summed E-state index contributed by atoms with van der Waals surface area (Å²) in [6, 6.07) is 0. The van der Waals surface area contributed by atoms with E-state index in [1.165, 1.54) is 0 Å². The van der Waals surface area contributed by atoms with E-state index in [0.717, 1.165) is 0 Å². The van der Waals surface area contributed by atoms with Crippen molar-refractivity contribution < 1.29 is 14.9 Å². The van der Waals surface area contributed by atoms with Crippen molar-refractivity contribution in [3.05, 3.63) is 6.92 Å². The van der Waals surface area contributed by atoms with Crippen molar-refractivity contribution in [2.75, 3.05) is 0 Å². The molecule has 0 aliphatic carbocycles. The SMILES string of the molecule is [CH][C@@H]1O[C@H](CC)[C@H](O)C1O. The summed E-state index contributed by atoms with van der Waals surface area (Å²) in [7, 11) is 0. The molecule has 0 aromatic carbocycles. The van der Waals surface area contributed by atoms with Crippen molar-refractivity contribution in [3.8, 4) is 0 Å². The standard InChI is InChI=1S/C7H12O3/c1-3-5-7(9)6(8)4(2)10-5/h2,4-9H,3H2,1H3/t4-,5+,6?,7-/m0/s1. The lowest BCUT2D eigenvalue weighted by Crippen LogP contribution is -2.31. The van der Waals surface area contributed by atoms with E-state index in [2.05, 4.69) is 0 Å². The van der Waals surface area contributed by atoms with Crippen LogP contribution in [0.3, 0.4) is 0 Å². The van der Waals surface area contributed by atoms with Crippen LogP contribution in [0.2, 0.25) is 0 Å². The van der Waals surface area contributed by atoms with E-state index in [1.807, 2.05) is 6.92 Å². The Morgan fingerprint density at radius 1 is 1.40 bits per heavy atom. The molecule has 0 saturated carbocycles. The molecule has 58 valence electrons. The monoisotopic (exact) mass is 144 g/mol. The molecule has 10 heavy (non-hydrogen) atoms. The van der Waals surface area contributed by atoms with E-state index in [4.69, 9.17) is 16.8 Å². The minimum atomic E-state index is -0.926. The molecule has 0 aromatic rings. The largest absolute Gasteiger partial charge is 0.388 e. The molecule has 0 aromatic heterocycles. The molecule has 1 heterocycles. The Hall–Kier alpha value is -0.120. The summed E-state index contributed by atoms with van der Waals surface area (Å²) < 4.78 is 5.01. The van der Waals surface area contributed by atoms with Gasteiger partial charge in [0.05, 0.1) is 12.2 Å². The van der Waals surface area contributed by atoms with Crippen molar-refractivity contribution >= 4 is 0 Å². The van der Waals surface area contributed by atoms with E-state index in [1.54, 1.807) is 0 Å². The summed E-state index contributed by atoms with van der Waals surface area (Å²) in [4.78, 5) is 0. The molecule has 0 bridgehead atoms. The van der Waals surface area contributed by atoms with Crippen LogP contribution >= 0.6 is 0 Å². The summed E-state index contributed by atoms with van der Waals surface area (Å²) in [5, 5.41) is 18.2. The Kier molecular flexibility index (Phi) is 2.28. The molecule has 2 N–H and O–H groups in total. The van der Waals surface area contributed by atoms with Crippen molar-refractivity contribution in [1.82, 2.24) is 0 Å². The molecular formula is C7H12O3. The smallest absolute Gasteiger partial charge is 0.109 e. The third-order valence-corrected chi connectivity index (χ3v) is 1.80. The number of aliphatic hydroxyl groups excluding tert-OH is 2. The third kappa shape index (κ3) is 1.17. The van der Waals surface area contributed by atoms with Crippen LogP contribution in [0.5, 0.6) is 0 Å². The molecule has 0 spiro atoms. The van der Waals surface area contributed by atoms with Crippen LogP contribution in [-0.2, 0) is 4.74 Å². The first-order chi connectivity index (χ1) is 4.66. The molecule has 3 heteroatoms. The number of rotatable bonds is 1. The van der Waals surface area contributed by atoms with Gasteiger partial charge in [-0.1, -0.05) is 6.92 Å². The third-order valence-electron chi connectivity index (χ3n) is 1.80. The summed E-state index contributed by atoms with van der Waals surface area (Å²) >= 11 is 0. The molecule has 1 aliphatic heterocycles. The molecule has 1 fully saturated rings. The zero-order valence-electron chi connectivity index (χ0n) is 5.90. The van der Waals surface area contributed by atoms with Crippen LogP contribution in [0.25, 0.3) is 0 Å². The van der Waals surface area contributed by atoms with Crippen LogP contribution in [0, 0.1) is 6.92 Å². The Balaban J connectivity index is 2.53. The van der Waals surface area contributed by atoms with Gasteiger partial charge in [0, 0.05) is 0 Å². The molecule has 1 aliphatic rings. The van der Waals surface area contributed by atoms with E-state index in [0.29, 0.717) is 6.42 Å². The van der Waals surface area contributed by atoms with Gasteiger partial charge in [0.15, 0.2) is 0 Å². The molecule has 2 radical (unpaired) electrons. The van der Waals surface area contributed by atoms with Gasteiger partial charge in [-0.25, -0.2) is 0 Å². The zero-order valence-corrected chi connectivity index (χ0v) is 5.90. The van der Waals surface area contributed by atoms with Crippen molar-refractivity contribution in [2.45, 2.75) is 37.8 Å². The van der Waals surface area contributed by atoms with Gasteiger partial charge in [-0.05, 0) is 13.3 Å². The lowest BCUT2D eigenvalue weighted by atomic mass is 10.1. The Morgan fingerprint density at radius 2 is 2.00 bits per heavy atom. The molecular weight excluding hydrogens is 132 g/mol. The maximum absolute atomic E-state index is 9.17. The van der Waals surface area contributed by atoms with Crippen molar-refractivity contribution in [1.29, 1.82) is 0 Å². The fourth-order valence-corrected chi connectivity index (χ4v) is 1.11. The second kappa shape index (κ2) is 2.86. The lowest BCUT2D eigenvalue weighted by molar-refractivity contribution is 0.0192. The maximum Gasteiger partial charge on any atom is 0.109 e. The Bertz CT molecular complexity index is 115. The molecule has 3 nitrogen and oxygen atoms in total. The molecule has 0 amide bonds. The fourth-order valence-electron chi connectivity index (χ4n) is 1.11. The first-order valence-electron chi connectivity index (χ1n) is 3.44. The van der Waals surface area contributed by atoms with Crippen molar-refractivity contribution in [2.24, 2.45) is 0 Å². The number of aliphatic hydroxyl groups is 2. The van der Waals surface area contributed by atoms with Crippen LogP contribution in [0.4, 0.5) is 0 Å². The second-order valence-electron chi connectivity index (χ2n) is 2.53. The predicted molar refractivity (Wildman–Crippen MR) is 35.3 cm³/mol. The molecule has 1 rings (SSSR count). The highest BCUT2D eigenvalue weighted by Crippen LogP contribution is 2.22. The van der Waals surface area contributed by atoms with Gasteiger partial charge < -0.3 is 14.9 Å². The van der Waals surface area contributed by atoms with Gasteiger partial charge >= 0.3 is 0 Å². The van der Waals surface area contributed by atoms with Gasteiger partial charge in [-0.15, -0.1) is 0 Å². The number of hydrogen-bond acceptors (Lipinski definition) is 3. The zero-order chi connectivity index (χ0) is 7.72. The predicted octanol–water partition coefficient (Wildman–Crippen LogP) is -0.403. The second-order valence-corrected chi connectivity index (χ2v) is 2.53. The number of hydrogen-bond donors (Lipinski definition) is 2.